The van der Waals surface area contributed by atoms with Gasteiger partial charge in [0.25, 0.3) is 0 Å². The highest BCUT2D eigenvalue weighted by molar-refractivity contribution is 5.72. The lowest BCUT2D eigenvalue weighted by Gasteiger charge is -2.11. The molecular weight excluding hydrogens is 208 g/mol. The minimum absolute atomic E-state index is 0.0526. The monoisotopic (exact) mass is 218 g/mol. The maximum Gasteiger partial charge on any atom is 0.334 e. The van der Waals surface area contributed by atoms with E-state index in [2.05, 4.69) is 0 Å². The summed E-state index contributed by atoms with van der Waals surface area (Å²) in [7, 11) is 0. The molecule has 0 aromatic carbocycles. The summed E-state index contributed by atoms with van der Waals surface area (Å²) in [5.74, 6) is -0.820. The van der Waals surface area contributed by atoms with Gasteiger partial charge in [-0.15, -0.1) is 0 Å². The normalized spacial score (nSPS) is 30.4. The molecule has 84 valence electrons. The molecule has 2 saturated heterocycles. The van der Waals surface area contributed by atoms with Crippen LogP contribution < -0.4 is 0 Å². The summed E-state index contributed by atoms with van der Waals surface area (Å²) in [4.78, 5) is 21.2. The van der Waals surface area contributed by atoms with Crippen molar-refractivity contribution in [1.29, 1.82) is 0 Å². The molecule has 0 spiro atoms. The van der Waals surface area contributed by atoms with Crippen LogP contribution in [-0.2, 0) is 33.3 Å². The lowest BCUT2D eigenvalue weighted by atomic mass is 10.6. The second kappa shape index (κ2) is 4.56. The van der Waals surface area contributed by atoms with Gasteiger partial charge in [-0.1, -0.05) is 0 Å². The minimum Gasteiger partial charge on any atom is -0.431 e. The van der Waals surface area contributed by atoms with Crippen LogP contribution in [0.15, 0.2) is 0 Å². The van der Waals surface area contributed by atoms with E-state index in [0.29, 0.717) is 0 Å². The predicted octanol–water partition coefficient (Wildman–Crippen LogP) is -1.20. The van der Waals surface area contributed by atoms with E-state index < -0.39 is 24.5 Å². The number of hydrogen-bond donors (Lipinski definition) is 0. The van der Waals surface area contributed by atoms with Crippen LogP contribution in [0.2, 0.25) is 0 Å². The molecule has 0 aromatic heterocycles. The Morgan fingerprint density at radius 2 is 1.47 bits per heavy atom. The molecule has 2 atom stereocenters. The Labute approximate surface area is 85.2 Å². The summed E-state index contributed by atoms with van der Waals surface area (Å²) in [6.45, 7) is 0.0954. The lowest BCUT2D eigenvalue weighted by molar-refractivity contribution is -0.160. The van der Waals surface area contributed by atoms with Crippen molar-refractivity contribution in [2.45, 2.75) is 12.6 Å². The molecular formula is C8H10O7. The molecule has 0 N–H and O–H groups in total. The first-order chi connectivity index (χ1) is 7.24. The Bertz CT molecular complexity index is 238. The summed E-state index contributed by atoms with van der Waals surface area (Å²) in [6.07, 6.45) is -1.34. The van der Waals surface area contributed by atoms with E-state index in [0.717, 1.165) is 0 Å². The van der Waals surface area contributed by atoms with Crippen molar-refractivity contribution in [3.63, 3.8) is 0 Å². The van der Waals surface area contributed by atoms with E-state index in [1.54, 1.807) is 0 Å². The Kier molecular flexibility index (Phi) is 3.14. The number of carbonyl (C=O) groups is 2. The van der Waals surface area contributed by atoms with Crippen molar-refractivity contribution >= 4 is 11.9 Å². The molecule has 2 fully saturated rings. The van der Waals surface area contributed by atoms with Crippen molar-refractivity contribution in [2.75, 3.05) is 26.4 Å². The van der Waals surface area contributed by atoms with Gasteiger partial charge in [-0.05, 0) is 0 Å². The fourth-order valence-corrected chi connectivity index (χ4v) is 1.18. The van der Waals surface area contributed by atoms with Gasteiger partial charge in [0, 0.05) is 0 Å². The molecule has 0 aromatic rings. The Hall–Kier alpha value is -1.18. The lowest BCUT2D eigenvalue weighted by Crippen LogP contribution is -2.23. The van der Waals surface area contributed by atoms with Gasteiger partial charge in [0.05, 0.1) is 0 Å². The van der Waals surface area contributed by atoms with Crippen LogP contribution in [0.4, 0.5) is 0 Å². The van der Waals surface area contributed by atoms with Crippen LogP contribution in [-0.4, -0.2) is 50.9 Å². The molecule has 2 heterocycles. The maximum atomic E-state index is 10.6. The zero-order chi connectivity index (χ0) is 10.7. The standard InChI is InChI=1S/C8H10O7/c9-5-1-12-7(14-5)3-11-4-8-13-2-6(10)15-8/h7-8H,1-4H2. The number of esters is 2. The third-order valence-corrected chi connectivity index (χ3v) is 1.81. The highest BCUT2D eigenvalue weighted by atomic mass is 16.8. The molecule has 2 aliphatic heterocycles. The molecule has 0 bridgehead atoms. The summed E-state index contributed by atoms with van der Waals surface area (Å²) >= 11 is 0. The summed E-state index contributed by atoms with van der Waals surface area (Å²) < 4.78 is 24.3. The number of rotatable bonds is 4. The van der Waals surface area contributed by atoms with Crippen molar-refractivity contribution in [3.05, 3.63) is 0 Å². The first kappa shape index (κ1) is 10.3. The number of hydrogen-bond acceptors (Lipinski definition) is 7. The van der Waals surface area contributed by atoms with Gasteiger partial charge in [0.1, 0.15) is 26.4 Å². The van der Waals surface area contributed by atoms with Crippen LogP contribution in [0.3, 0.4) is 0 Å². The van der Waals surface area contributed by atoms with Crippen LogP contribution in [0.1, 0.15) is 0 Å². The number of ether oxygens (including phenoxy) is 5. The molecule has 2 rings (SSSR count). The van der Waals surface area contributed by atoms with Gasteiger partial charge in [-0.2, -0.15) is 0 Å². The van der Waals surface area contributed by atoms with E-state index >= 15 is 0 Å². The molecule has 2 aliphatic rings. The van der Waals surface area contributed by atoms with Crippen LogP contribution in [0.25, 0.3) is 0 Å². The molecule has 0 amide bonds. The Balaban J connectivity index is 1.59. The van der Waals surface area contributed by atoms with Gasteiger partial charge in [0.2, 0.25) is 12.6 Å². The van der Waals surface area contributed by atoms with E-state index in [1.807, 2.05) is 0 Å². The zero-order valence-electron chi connectivity index (χ0n) is 7.84. The average molecular weight is 218 g/mol. The zero-order valence-corrected chi connectivity index (χ0v) is 7.84. The van der Waals surface area contributed by atoms with Gasteiger partial charge < -0.3 is 23.7 Å². The van der Waals surface area contributed by atoms with Gasteiger partial charge in [-0.25, -0.2) is 9.59 Å². The third kappa shape index (κ3) is 2.88. The first-order valence-electron chi connectivity index (χ1n) is 4.44. The fraction of sp³-hybridized carbons (Fsp3) is 0.750. The van der Waals surface area contributed by atoms with Crippen LogP contribution in [0.5, 0.6) is 0 Å². The summed E-state index contributed by atoms with van der Waals surface area (Å²) in [6, 6.07) is 0. The van der Waals surface area contributed by atoms with Gasteiger partial charge >= 0.3 is 11.9 Å². The maximum absolute atomic E-state index is 10.6. The van der Waals surface area contributed by atoms with Gasteiger partial charge in [-0.3, -0.25) is 0 Å². The predicted molar refractivity (Wildman–Crippen MR) is 42.5 cm³/mol. The molecule has 7 heteroatoms. The molecule has 0 radical (unpaired) electrons. The van der Waals surface area contributed by atoms with Crippen molar-refractivity contribution < 1.29 is 33.3 Å². The molecule has 2 unspecified atom stereocenters. The SMILES string of the molecule is O=C1COC(COCC2OCC(=O)O2)O1. The number of carbonyl (C=O) groups excluding carboxylic acids is 2. The second-order valence-corrected chi connectivity index (χ2v) is 3.00. The van der Waals surface area contributed by atoms with E-state index in [9.17, 15) is 9.59 Å². The van der Waals surface area contributed by atoms with Crippen molar-refractivity contribution in [3.8, 4) is 0 Å². The van der Waals surface area contributed by atoms with Crippen LogP contribution in [0, 0.1) is 0 Å². The highest BCUT2D eigenvalue weighted by Gasteiger charge is 2.27. The van der Waals surface area contributed by atoms with Gasteiger partial charge in [0.15, 0.2) is 0 Å². The highest BCUT2D eigenvalue weighted by Crippen LogP contribution is 2.08. The van der Waals surface area contributed by atoms with Crippen molar-refractivity contribution in [2.24, 2.45) is 0 Å². The summed E-state index contributed by atoms with van der Waals surface area (Å²) in [5, 5.41) is 0. The fourth-order valence-electron chi connectivity index (χ4n) is 1.18. The van der Waals surface area contributed by atoms with Crippen LogP contribution >= 0.6 is 0 Å². The van der Waals surface area contributed by atoms with E-state index in [1.165, 1.54) is 0 Å². The molecule has 0 aliphatic carbocycles. The number of cyclic esters (lactones) is 2. The smallest absolute Gasteiger partial charge is 0.334 e. The Morgan fingerprint density at radius 3 is 1.80 bits per heavy atom. The molecule has 15 heavy (non-hydrogen) atoms. The Morgan fingerprint density at radius 1 is 1.00 bits per heavy atom. The largest absolute Gasteiger partial charge is 0.431 e. The topological polar surface area (TPSA) is 80.3 Å². The third-order valence-electron chi connectivity index (χ3n) is 1.81. The summed E-state index contributed by atoms with van der Waals surface area (Å²) in [5.41, 5.74) is 0. The van der Waals surface area contributed by atoms with Crippen molar-refractivity contribution in [1.82, 2.24) is 0 Å². The van der Waals surface area contributed by atoms with E-state index in [-0.39, 0.29) is 26.4 Å². The first-order valence-corrected chi connectivity index (χ1v) is 4.44. The second-order valence-electron chi connectivity index (χ2n) is 3.00. The van der Waals surface area contributed by atoms with E-state index in [4.69, 9.17) is 23.7 Å². The molecule has 0 saturated carbocycles. The quantitative estimate of drug-likeness (QED) is 0.548. The molecule has 7 nitrogen and oxygen atoms in total. The average Bonchev–Trinajstić information content (AvgIpc) is 2.76. The minimum atomic E-state index is -0.672.